The average Bonchev–Trinajstić information content (AvgIpc) is 3.08. The zero-order valence-corrected chi connectivity index (χ0v) is 12.1. The molecule has 3 nitrogen and oxygen atoms in total. The fourth-order valence-electron chi connectivity index (χ4n) is 2.76. The van der Waals surface area contributed by atoms with E-state index in [4.69, 9.17) is 0 Å². The van der Waals surface area contributed by atoms with Crippen molar-refractivity contribution in [2.75, 3.05) is 25.0 Å². The number of amides is 1. The zero-order chi connectivity index (χ0) is 14.5. The molecule has 1 aliphatic rings. The molecular weight excluding hydrogens is 260 g/mol. The Morgan fingerprint density at radius 2 is 1.62 bits per heavy atom. The van der Waals surface area contributed by atoms with Crippen molar-refractivity contribution in [2.24, 2.45) is 0 Å². The number of nitrogens with one attached hydrogen (secondary N) is 1. The van der Waals surface area contributed by atoms with Gasteiger partial charge in [0, 0.05) is 24.3 Å². The number of benzene rings is 2. The second-order valence-electron chi connectivity index (χ2n) is 5.35. The van der Waals surface area contributed by atoms with Crippen molar-refractivity contribution in [3.05, 3.63) is 54.6 Å². The van der Waals surface area contributed by atoms with Crippen LogP contribution in [0.5, 0.6) is 0 Å². The summed E-state index contributed by atoms with van der Waals surface area (Å²) < 4.78 is 0. The van der Waals surface area contributed by atoms with Crippen molar-refractivity contribution in [1.82, 2.24) is 4.90 Å². The van der Waals surface area contributed by atoms with E-state index < -0.39 is 0 Å². The number of rotatable bonds is 4. The molecule has 1 N–H and O–H groups in total. The Morgan fingerprint density at radius 3 is 2.38 bits per heavy atom. The van der Waals surface area contributed by atoms with Gasteiger partial charge in [-0.1, -0.05) is 48.5 Å². The lowest BCUT2D eigenvalue weighted by atomic mass is 10.0. The van der Waals surface area contributed by atoms with E-state index >= 15 is 0 Å². The van der Waals surface area contributed by atoms with Crippen LogP contribution < -0.4 is 5.32 Å². The molecule has 0 radical (unpaired) electrons. The number of hydrogen-bond donors (Lipinski definition) is 1. The second kappa shape index (κ2) is 6.44. The number of hydrogen-bond acceptors (Lipinski definition) is 2. The van der Waals surface area contributed by atoms with Crippen molar-refractivity contribution in [1.29, 1.82) is 0 Å². The normalized spacial score (nSPS) is 14.2. The van der Waals surface area contributed by atoms with Gasteiger partial charge in [0.1, 0.15) is 0 Å². The predicted molar refractivity (Wildman–Crippen MR) is 86.2 cm³/mol. The van der Waals surface area contributed by atoms with Gasteiger partial charge in [-0.2, -0.15) is 0 Å². The van der Waals surface area contributed by atoms with Crippen LogP contribution in [0.2, 0.25) is 0 Å². The molecule has 3 heteroatoms. The molecule has 1 heterocycles. The molecular formula is C18H20N2O. The highest BCUT2D eigenvalue weighted by molar-refractivity contribution is 5.84. The minimum Gasteiger partial charge on any atom is -0.376 e. The maximum Gasteiger partial charge on any atom is 0.241 e. The Labute approximate surface area is 125 Å². The molecule has 1 saturated heterocycles. The van der Waals surface area contributed by atoms with E-state index in [1.165, 1.54) is 0 Å². The predicted octanol–water partition coefficient (Wildman–Crippen LogP) is 3.39. The van der Waals surface area contributed by atoms with Crippen LogP contribution in [0.15, 0.2) is 54.6 Å². The molecule has 0 saturated carbocycles. The van der Waals surface area contributed by atoms with Gasteiger partial charge in [-0.15, -0.1) is 0 Å². The summed E-state index contributed by atoms with van der Waals surface area (Å²) in [7, 11) is 0. The Kier molecular flexibility index (Phi) is 4.20. The Hall–Kier alpha value is -2.29. The van der Waals surface area contributed by atoms with E-state index in [1.54, 1.807) is 0 Å². The lowest BCUT2D eigenvalue weighted by Crippen LogP contribution is -2.33. The van der Waals surface area contributed by atoms with E-state index in [2.05, 4.69) is 23.5 Å². The highest BCUT2D eigenvalue weighted by Gasteiger charge is 2.17. The first-order chi connectivity index (χ1) is 10.3. The van der Waals surface area contributed by atoms with E-state index in [1.807, 2.05) is 41.3 Å². The van der Waals surface area contributed by atoms with Gasteiger partial charge in [0.15, 0.2) is 0 Å². The molecule has 0 spiro atoms. The van der Waals surface area contributed by atoms with E-state index in [9.17, 15) is 4.79 Å². The quantitative estimate of drug-likeness (QED) is 0.931. The van der Waals surface area contributed by atoms with Gasteiger partial charge in [-0.3, -0.25) is 4.79 Å². The summed E-state index contributed by atoms with van der Waals surface area (Å²) in [4.78, 5) is 14.1. The minimum absolute atomic E-state index is 0.190. The molecule has 21 heavy (non-hydrogen) atoms. The first-order valence-corrected chi connectivity index (χ1v) is 7.51. The van der Waals surface area contributed by atoms with Crippen LogP contribution in [-0.2, 0) is 4.79 Å². The summed E-state index contributed by atoms with van der Waals surface area (Å²) in [6, 6.07) is 18.4. The standard InChI is InChI=1S/C18H20N2O/c21-18(20-12-6-7-13-20)14-19-17-11-5-4-10-16(17)15-8-2-1-3-9-15/h1-5,8-11,19H,6-7,12-14H2. The molecule has 3 rings (SSSR count). The fourth-order valence-corrected chi connectivity index (χ4v) is 2.76. The number of nitrogens with zero attached hydrogens (tertiary/aromatic N) is 1. The van der Waals surface area contributed by atoms with Crippen LogP contribution in [0.3, 0.4) is 0 Å². The van der Waals surface area contributed by atoms with Crippen molar-refractivity contribution in [3.8, 4) is 11.1 Å². The monoisotopic (exact) mass is 280 g/mol. The van der Waals surface area contributed by atoms with E-state index in [0.29, 0.717) is 6.54 Å². The van der Waals surface area contributed by atoms with Gasteiger partial charge in [-0.05, 0) is 24.5 Å². The minimum atomic E-state index is 0.190. The van der Waals surface area contributed by atoms with Crippen LogP contribution in [0.25, 0.3) is 11.1 Å². The third-order valence-corrected chi connectivity index (χ3v) is 3.90. The van der Waals surface area contributed by atoms with Crippen molar-refractivity contribution < 1.29 is 4.79 Å². The number of para-hydroxylation sites is 1. The largest absolute Gasteiger partial charge is 0.376 e. The van der Waals surface area contributed by atoms with Crippen molar-refractivity contribution >= 4 is 11.6 Å². The summed E-state index contributed by atoms with van der Waals surface area (Å²) in [5, 5.41) is 3.30. The highest BCUT2D eigenvalue weighted by Crippen LogP contribution is 2.27. The van der Waals surface area contributed by atoms with E-state index in [0.717, 1.165) is 42.7 Å². The van der Waals surface area contributed by atoms with Gasteiger partial charge >= 0.3 is 0 Å². The molecule has 1 aliphatic heterocycles. The smallest absolute Gasteiger partial charge is 0.241 e. The van der Waals surface area contributed by atoms with Gasteiger partial charge in [0.2, 0.25) is 5.91 Å². The van der Waals surface area contributed by atoms with Crippen molar-refractivity contribution in [2.45, 2.75) is 12.8 Å². The SMILES string of the molecule is O=C(CNc1ccccc1-c1ccccc1)N1CCCC1. The van der Waals surface area contributed by atoms with Gasteiger partial charge in [0.25, 0.3) is 0 Å². The maximum absolute atomic E-state index is 12.1. The molecule has 0 atom stereocenters. The summed E-state index contributed by atoms with van der Waals surface area (Å²) in [5.74, 6) is 0.190. The summed E-state index contributed by atoms with van der Waals surface area (Å²) in [6.45, 7) is 2.17. The van der Waals surface area contributed by atoms with Crippen LogP contribution in [0.4, 0.5) is 5.69 Å². The first kappa shape index (κ1) is 13.7. The summed E-state index contributed by atoms with van der Waals surface area (Å²) in [6.07, 6.45) is 2.26. The lowest BCUT2D eigenvalue weighted by Gasteiger charge is -2.17. The van der Waals surface area contributed by atoms with Gasteiger partial charge in [0.05, 0.1) is 6.54 Å². The molecule has 1 fully saturated rings. The molecule has 1 amide bonds. The molecule has 2 aromatic carbocycles. The number of carbonyl (C=O) groups is 1. The Bertz CT molecular complexity index is 604. The fraction of sp³-hybridized carbons (Fsp3) is 0.278. The van der Waals surface area contributed by atoms with Crippen LogP contribution in [-0.4, -0.2) is 30.4 Å². The second-order valence-corrected chi connectivity index (χ2v) is 5.35. The zero-order valence-electron chi connectivity index (χ0n) is 12.1. The van der Waals surface area contributed by atoms with Crippen molar-refractivity contribution in [3.63, 3.8) is 0 Å². The molecule has 2 aromatic rings. The number of anilines is 1. The Morgan fingerprint density at radius 1 is 0.952 bits per heavy atom. The Balaban J connectivity index is 1.72. The molecule has 0 unspecified atom stereocenters. The summed E-state index contributed by atoms with van der Waals surface area (Å²) in [5.41, 5.74) is 3.30. The van der Waals surface area contributed by atoms with Crippen LogP contribution >= 0.6 is 0 Å². The topological polar surface area (TPSA) is 32.3 Å². The van der Waals surface area contributed by atoms with Gasteiger partial charge < -0.3 is 10.2 Å². The third kappa shape index (κ3) is 3.24. The van der Waals surface area contributed by atoms with Crippen LogP contribution in [0.1, 0.15) is 12.8 Å². The molecule has 0 aromatic heterocycles. The number of carbonyl (C=O) groups excluding carboxylic acids is 1. The van der Waals surface area contributed by atoms with Gasteiger partial charge in [-0.25, -0.2) is 0 Å². The van der Waals surface area contributed by atoms with Crippen LogP contribution in [0, 0.1) is 0 Å². The van der Waals surface area contributed by atoms with E-state index in [-0.39, 0.29) is 5.91 Å². The molecule has 0 aliphatic carbocycles. The number of likely N-dealkylation sites (tertiary alicyclic amines) is 1. The first-order valence-electron chi connectivity index (χ1n) is 7.51. The summed E-state index contributed by atoms with van der Waals surface area (Å²) >= 11 is 0. The molecule has 108 valence electrons. The lowest BCUT2D eigenvalue weighted by molar-refractivity contribution is -0.128. The maximum atomic E-state index is 12.1. The third-order valence-electron chi connectivity index (χ3n) is 3.90. The molecule has 0 bridgehead atoms. The highest BCUT2D eigenvalue weighted by atomic mass is 16.2. The average molecular weight is 280 g/mol.